The predicted molar refractivity (Wildman–Crippen MR) is 79.6 cm³/mol. The van der Waals surface area contributed by atoms with Gasteiger partial charge in [0.05, 0.1) is 12.1 Å². The van der Waals surface area contributed by atoms with Gasteiger partial charge in [-0.05, 0) is 51.1 Å². The Balaban J connectivity index is 2.33. The van der Waals surface area contributed by atoms with Crippen LogP contribution >= 0.6 is 11.3 Å². The van der Waals surface area contributed by atoms with Gasteiger partial charge < -0.3 is 15.4 Å². The smallest absolute Gasteiger partial charge is 0.315 e. The van der Waals surface area contributed by atoms with Crippen LogP contribution in [0.3, 0.4) is 0 Å². The van der Waals surface area contributed by atoms with Crippen molar-refractivity contribution in [2.75, 3.05) is 7.11 Å². The summed E-state index contributed by atoms with van der Waals surface area (Å²) in [7, 11) is 1.69. The van der Waals surface area contributed by atoms with Crippen LogP contribution in [0.2, 0.25) is 0 Å². The number of hydrogen-bond donors (Lipinski definition) is 2. The second-order valence-electron chi connectivity index (χ2n) is 5.42. The van der Waals surface area contributed by atoms with E-state index in [-0.39, 0.29) is 17.7 Å². The van der Waals surface area contributed by atoms with Crippen LogP contribution in [0.4, 0.5) is 4.79 Å². The molecule has 0 fully saturated rings. The predicted octanol–water partition coefficient (Wildman–Crippen LogP) is 3.06. The summed E-state index contributed by atoms with van der Waals surface area (Å²) in [5, 5.41) is 7.84. The first kappa shape index (κ1) is 16.0. The number of carbonyl (C=O) groups excluding carboxylic acids is 1. The molecular weight excluding hydrogens is 260 g/mol. The third-order valence-electron chi connectivity index (χ3n) is 3.11. The first-order valence-electron chi connectivity index (χ1n) is 6.46. The van der Waals surface area contributed by atoms with Gasteiger partial charge in [0.2, 0.25) is 0 Å². The van der Waals surface area contributed by atoms with E-state index in [0.717, 1.165) is 6.42 Å². The Bertz CT molecular complexity index is 415. The van der Waals surface area contributed by atoms with Crippen molar-refractivity contribution in [3.05, 3.63) is 21.9 Å². The Morgan fingerprint density at radius 3 is 2.74 bits per heavy atom. The molecule has 0 bridgehead atoms. The Hall–Kier alpha value is -1.07. The molecule has 1 aromatic heterocycles. The van der Waals surface area contributed by atoms with Gasteiger partial charge in [-0.25, -0.2) is 4.79 Å². The molecule has 5 heteroatoms. The molecule has 4 nitrogen and oxygen atoms in total. The van der Waals surface area contributed by atoms with Crippen LogP contribution in [0.1, 0.15) is 37.6 Å². The van der Waals surface area contributed by atoms with E-state index in [1.807, 2.05) is 26.2 Å². The summed E-state index contributed by atoms with van der Waals surface area (Å²) in [6, 6.07) is 2.00. The summed E-state index contributed by atoms with van der Waals surface area (Å²) >= 11 is 1.66. The van der Waals surface area contributed by atoms with Crippen molar-refractivity contribution in [2.45, 2.75) is 52.3 Å². The first-order chi connectivity index (χ1) is 8.84. The number of ether oxygens (including phenoxy) is 1. The van der Waals surface area contributed by atoms with Crippen molar-refractivity contribution >= 4 is 17.4 Å². The van der Waals surface area contributed by atoms with Crippen LogP contribution in [0, 0.1) is 6.92 Å². The van der Waals surface area contributed by atoms with Gasteiger partial charge in [-0.2, -0.15) is 0 Å². The molecular formula is C14H24N2O2S. The molecule has 0 aliphatic heterocycles. The molecule has 0 aromatic carbocycles. The summed E-state index contributed by atoms with van der Waals surface area (Å²) in [5.74, 6) is 0. The van der Waals surface area contributed by atoms with E-state index < -0.39 is 0 Å². The van der Waals surface area contributed by atoms with Gasteiger partial charge in [-0.15, -0.1) is 11.3 Å². The molecule has 0 aliphatic rings. The summed E-state index contributed by atoms with van der Waals surface area (Å²) in [5.41, 5.74) is 0.996. The van der Waals surface area contributed by atoms with E-state index in [4.69, 9.17) is 4.74 Å². The molecule has 0 spiro atoms. The van der Waals surface area contributed by atoms with Crippen LogP contribution in [-0.2, 0) is 11.3 Å². The van der Waals surface area contributed by atoms with Gasteiger partial charge in [0, 0.05) is 18.0 Å². The Morgan fingerprint density at radius 1 is 1.53 bits per heavy atom. The molecule has 2 amide bonds. The number of rotatable bonds is 6. The molecule has 1 atom stereocenters. The number of amides is 2. The topological polar surface area (TPSA) is 50.4 Å². The second kappa shape index (κ2) is 6.91. The number of urea groups is 1. The van der Waals surface area contributed by atoms with Gasteiger partial charge in [0.25, 0.3) is 0 Å². The van der Waals surface area contributed by atoms with E-state index in [2.05, 4.69) is 23.6 Å². The molecule has 2 N–H and O–H groups in total. The van der Waals surface area contributed by atoms with E-state index >= 15 is 0 Å². The maximum Gasteiger partial charge on any atom is 0.315 e. The Morgan fingerprint density at radius 2 is 2.21 bits per heavy atom. The summed E-state index contributed by atoms with van der Waals surface area (Å²) in [6.07, 6.45) is 0.773. The summed E-state index contributed by atoms with van der Waals surface area (Å²) in [6.45, 7) is 8.64. The van der Waals surface area contributed by atoms with Crippen LogP contribution in [-0.4, -0.2) is 24.8 Å². The van der Waals surface area contributed by atoms with Gasteiger partial charge >= 0.3 is 6.03 Å². The number of hydrogen-bond acceptors (Lipinski definition) is 3. The Kier molecular flexibility index (Phi) is 5.82. The zero-order chi connectivity index (χ0) is 14.5. The minimum absolute atomic E-state index is 0.0689. The Labute approximate surface area is 119 Å². The molecule has 108 valence electrons. The average molecular weight is 284 g/mol. The highest BCUT2D eigenvalue weighted by Crippen LogP contribution is 2.16. The average Bonchev–Trinajstić information content (AvgIpc) is 2.71. The van der Waals surface area contributed by atoms with Crippen LogP contribution in [0.25, 0.3) is 0 Å². The SMILES string of the molecule is COC(C)(C)C[C@@H](C)NC(=O)NCc1sccc1C. The van der Waals surface area contributed by atoms with E-state index in [0.29, 0.717) is 6.54 Å². The van der Waals surface area contributed by atoms with Crippen molar-refractivity contribution in [3.8, 4) is 0 Å². The highest BCUT2D eigenvalue weighted by molar-refractivity contribution is 7.10. The zero-order valence-electron chi connectivity index (χ0n) is 12.4. The normalized spacial score (nSPS) is 13.1. The fourth-order valence-corrected chi connectivity index (χ4v) is 2.74. The monoisotopic (exact) mass is 284 g/mol. The number of carbonyl (C=O) groups is 1. The number of aryl methyl sites for hydroxylation is 1. The van der Waals surface area contributed by atoms with Crippen molar-refractivity contribution in [1.29, 1.82) is 0 Å². The van der Waals surface area contributed by atoms with Gasteiger partial charge in [-0.1, -0.05) is 0 Å². The van der Waals surface area contributed by atoms with Crippen molar-refractivity contribution in [3.63, 3.8) is 0 Å². The van der Waals surface area contributed by atoms with Gasteiger partial charge in [-0.3, -0.25) is 0 Å². The third kappa shape index (κ3) is 5.61. The molecule has 1 rings (SSSR count). The number of methoxy groups -OCH3 is 1. The maximum absolute atomic E-state index is 11.8. The maximum atomic E-state index is 11.8. The number of nitrogens with one attached hydrogen (secondary N) is 2. The van der Waals surface area contributed by atoms with E-state index in [1.54, 1.807) is 18.4 Å². The van der Waals surface area contributed by atoms with Crippen LogP contribution < -0.4 is 10.6 Å². The third-order valence-corrected chi connectivity index (χ3v) is 4.13. The molecule has 0 radical (unpaired) electrons. The molecule has 0 aliphatic carbocycles. The summed E-state index contributed by atoms with van der Waals surface area (Å²) < 4.78 is 5.35. The standard InChI is InChI=1S/C14H24N2O2S/c1-10-6-7-19-12(10)9-15-13(17)16-11(2)8-14(3,4)18-5/h6-7,11H,8-9H2,1-5H3,(H2,15,16,17)/t11-/m1/s1. The minimum Gasteiger partial charge on any atom is -0.379 e. The summed E-state index contributed by atoms with van der Waals surface area (Å²) in [4.78, 5) is 13.0. The fraction of sp³-hybridized carbons (Fsp3) is 0.643. The highest BCUT2D eigenvalue weighted by atomic mass is 32.1. The zero-order valence-corrected chi connectivity index (χ0v) is 13.2. The fourth-order valence-electron chi connectivity index (χ4n) is 1.89. The molecule has 1 heterocycles. The van der Waals surface area contributed by atoms with Crippen molar-refractivity contribution in [2.24, 2.45) is 0 Å². The number of thiophene rings is 1. The first-order valence-corrected chi connectivity index (χ1v) is 7.34. The minimum atomic E-state index is -0.225. The quantitative estimate of drug-likeness (QED) is 0.843. The van der Waals surface area contributed by atoms with E-state index in [1.165, 1.54) is 10.4 Å². The van der Waals surface area contributed by atoms with Crippen molar-refractivity contribution in [1.82, 2.24) is 10.6 Å². The lowest BCUT2D eigenvalue weighted by atomic mass is 10.00. The molecule has 0 unspecified atom stereocenters. The lowest BCUT2D eigenvalue weighted by Crippen LogP contribution is -2.43. The molecule has 0 saturated heterocycles. The lowest BCUT2D eigenvalue weighted by molar-refractivity contribution is 0.00950. The van der Waals surface area contributed by atoms with Crippen molar-refractivity contribution < 1.29 is 9.53 Å². The molecule has 0 saturated carbocycles. The van der Waals surface area contributed by atoms with Gasteiger partial charge in [0.1, 0.15) is 0 Å². The lowest BCUT2D eigenvalue weighted by Gasteiger charge is -2.27. The van der Waals surface area contributed by atoms with Crippen LogP contribution in [0.15, 0.2) is 11.4 Å². The van der Waals surface area contributed by atoms with E-state index in [9.17, 15) is 4.79 Å². The second-order valence-corrected chi connectivity index (χ2v) is 6.42. The highest BCUT2D eigenvalue weighted by Gasteiger charge is 2.21. The largest absolute Gasteiger partial charge is 0.379 e. The van der Waals surface area contributed by atoms with Crippen LogP contribution in [0.5, 0.6) is 0 Å². The molecule has 19 heavy (non-hydrogen) atoms. The van der Waals surface area contributed by atoms with Gasteiger partial charge in [0.15, 0.2) is 0 Å². The molecule has 1 aromatic rings.